The third-order valence-electron chi connectivity index (χ3n) is 8.77. The van der Waals surface area contributed by atoms with Crippen LogP contribution in [0.1, 0.15) is 47.4 Å². The van der Waals surface area contributed by atoms with Crippen molar-refractivity contribution in [1.29, 1.82) is 0 Å². The van der Waals surface area contributed by atoms with Crippen LogP contribution in [-0.2, 0) is 6.54 Å². The van der Waals surface area contributed by atoms with Gasteiger partial charge in [-0.3, -0.25) is 14.5 Å². The number of nitrogens with zero attached hydrogens (tertiary/aromatic N) is 6. The number of phenols is 1. The first kappa shape index (κ1) is 31.5. The zero-order valence-corrected chi connectivity index (χ0v) is 26.5. The van der Waals surface area contributed by atoms with E-state index in [-0.39, 0.29) is 35.1 Å². The normalized spacial score (nSPS) is 17.5. The number of piperidine rings is 1. The minimum atomic E-state index is -1.06. The number of phenolic OH excluding ortho intramolecular Hbond substituents is 1. The quantitative estimate of drug-likeness (QED) is 0.251. The number of aldehydes is 1. The van der Waals surface area contributed by atoms with Crippen LogP contribution in [0.5, 0.6) is 17.4 Å². The Labute approximate surface area is 267 Å². The smallest absolute Gasteiger partial charge is 0.280 e. The summed E-state index contributed by atoms with van der Waals surface area (Å²) in [4.78, 5) is 44.2. The van der Waals surface area contributed by atoms with Crippen LogP contribution in [0.2, 0.25) is 0 Å². The third kappa shape index (κ3) is 6.99. The lowest BCUT2D eigenvalue weighted by Gasteiger charge is -2.42. The van der Waals surface area contributed by atoms with Gasteiger partial charge in [0.05, 0.1) is 28.7 Å². The summed E-state index contributed by atoms with van der Waals surface area (Å²) in [5.74, 6) is -0.581. The number of H-pyrrole nitrogens is 1. The van der Waals surface area contributed by atoms with E-state index in [2.05, 4.69) is 48.8 Å². The maximum atomic E-state index is 13.4. The van der Waals surface area contributed by atoms with Gasteiger partial charge in [0.2, 0.25) is 11.5 Å². The number of fused-ring (bicyclic) bond motifs is 1. The predicted molar refractivity (Wildman–Crippen MR) is 175 cm³/mol. The summed E-state index contributed by atoms with van der Waals surface area (Å²) >= 11 is 0. The molecule has 0 unspecified atom stereocenters. The van der Waals surface area contributed by atoms with E-state index in [1.807, 2.05) is 10.6 Å². The second-order valence-corrected chi connectivity index (χ2v) is 12.8. The molecule has 46 heavy (non-hydrogen) atoms. The van der Waals surface area contributed by atoms with E-state index >= 15 is 0 Å². The molecular formula is C34H41N7O5. The number of carbonyl (C=O) groups excluding carboxylic acids is 2. The molecule has 2 aliphatic heterocycles. The lowest BCUT2D eigenvalue weighted by atomic mass is 10.0. The topological polar surface area (TPSA) is 140 Å². The highest BCUT2D eigenvalue weighted by molar-refractivity contribution is 5.95. The molecule has 2 saturated heterocycles. The van der Waals surface area contributed by atoms with Gasteiger partial charge < -0.3 is 34.3 Å². The van der Waals surface area contributed by atoms with Gasteiger partial charge in [-0.15, -0.1) is 0 Å². The summed E-state index contributed by atoms with van der Waals surface area (Å²) < 4.78 is 7.54. The SMILES string of the molecule is CN1CCN(C2CCN(c3ccc4c(c3)[nH]/c(=N\C(=O)c3ccnc(Oc5cccc(O)c5C=O)c3)n4CC(C)(C)O)CC2)CC1. The predicted octanol–water partition coefficient (Wildman–Crippen LogP) is 3.40. The Morgan fingerprint density at radius 1 is 1.09 bits per heavy atom. The van der Waals surface area contributed by atoms with Gasteiger partial charge in [0, 0.05) is 68.8 Å². The van der Waals surface area contributed by atoms with Crippen LogP contribution in [-0.4, -0.2) is 105 Å². The molecule has 4 heterocycles. The molecule has 0 radical (unpaired) electrons. The number of aromatic hydroxyl groups is 1. The fourth-order valence-corrected chi connectivity index (χ4v) is 6.28. The van der Waals surface area contributed by atoms with Crippen LogP contribution in [0.15, 0.2) is 59.7 Å². The Balaban J connectivity index is 1.25. The van der Waals surface area contributed by atoms with Crippen LogP contribution >= 0.6 is 0 Å². The second kappa shape index (κ2) is 13.1. The van der Waals surface area contributed by atoms with Crippen LogP contribution in [0.3, 0.4) is 0 Å². The van der Waals surface area contributed by atoms with Gasteiger partial charge in [0.15, 0.2) is 6.29 Å². The summed E-state index contributed by atoms with van der Waals surface area (Å²) in [6.07, 6.45) is 4.16. The van der Waals surface area contributed by atoms with Crippen molar-refractivity contribution < 1.29 is 24.5 Å². The average molecular weight is 628 g/mol. The molecule has 0 spiro atoms. The molecule has 1 amide bonds. The van der Waals surface area contributed by atoms with Gasteiger partial charge in [-0.05, 0) is 70.1 Å². The number of aliphatic hydroxyl groups is 1. The van der Waals surface area contributed by atoms with Crippen LogP contribution in [0, 0.1) is 0 Å². The second-order valence-electron chi connectivity index (χ2n) is 12.8. The van der Waals surface area contributed by atoms with Crippen LogP contribution in [0.4, 0.5) is 5.69 Å². The molecule has 0 saturated carbocycles. The molecule has 2 aliphatic rings. The van der Waals surface area contributed by atoms with E-state index in [4.69, 9.17) is 4.74 Å². The fourth-order valence-electron chi connectivity index (χ4n) is 6.28. The Morgan fingerprint density at radius 2 is 1.85 bits per heavy atom. The molecule has 0 bridgehead atoms. The van der Waals surface area contributed by atoms with Gasteiger partial charge in [0.25, 0.3) is 5.91 Å². The van der Waals surface area contributed by atoms with E-state index in [0.29, 0.717) is 17.9 Å². The Kier molecular flexibility index (Phi) is 8.94. The number of anilines is 1. The number of benzene rings is 2. The Hall–Kier alpha value is -4.52. The van der Waals surface area contributed by atoms with Gasteiger partial charge >= 0.3 is 0 Å². The lowest BCUT2D eigenvalue weighted by Crippen LogP contribution is -2.52. The van der Waals surface area contributed by atoms with E-state index in [1.165, 1.54) is 30.5 Å². The Morgan fingerprint density at radius 3 is 2.57 bits per heavy atom. The first-order valence-electron chi connectivity index (χ1n) is 15.7. The summed E-state index contributed by atoms with van der Waals surface area (Å²) in [5, 5.41) is 20.7. The van der Waals surface area contributed by atoms with E-state index < -0.39 is 11.5 Å². The minimum Gasteiger partial charge on any atom is -0.507 e. The largest absolute Gasteiger partial charge is 0.507 e. The van der Waals surface area contributed by atoms with Gasteiger partial charge in [-0.25, -0.2) is 4.98 Å². The number of carbonyl (C=O) groups is 2. The first-order valence-corrected chi connectivity index (χ1v) is 15.7. The number of hydrogen-bond acceptors (Lipinski definition) is 9. The third-order valence-corrected chi connectivity index (χ3v) is 8.77. The number of piperazine rings is 1. The highest BCUT2D eigenvalue weighted by Crippen LogP contribution is 2.30. The van der Waals surface area contributed by atoms with Crippen molar-refractivity contribution in [2.45, 2.75) is 44.9 Å². The van der Waals surface area contributed by atoms with E-state index in [9.17, 15) is 19.8 Å². The van der Waals surface area contributed by atoms with Crippen molar-refractivity contribution in [2.75, 3.05) is 51.2 Å². The molecule has 2 aromatic carbocycles. The fraction of sp³-hybridized carbons (Fsp3) is 0.412. The number of ether oxygens (including phenoxy) is 1. The van der Waals surface area contributed by atoms with Crippen molar-refractivity contribution in [1.82, 2.24) is 24.3 Å². The van der Waals surface area contributed by atoms with Crippen molar-refractivity contribution >= 4 is 28.9 Å². The number of aromatic amines is 1. The number of nitrogens with one attached hydrogen (secondary N) is 1. The number of imidazole rings is 1. The van der Waals surface area contributed by atoms with Crippen molar-refractivity contribution in [3.63, 3.8) is 0 Å². The highest BCUT2D eigenvalue weighted by atomic mass is 16.5. The van der Waals surface area contributed by atoms with Gasteiger partial charge in [0.1, 0.15) is 11.5 Å². The maximum absolute atomic E-state index is 13.4. The van der Waals surface area contributed by atoms with Crippen molar-refractivity contribution in [2.24, 2.45) is 4.99 Å². The molecule has 12 nitrogen and oxygen atoms in total. The van der Waals surface area contributed by atoms with Crippen molar-refractivity contribution in [3.05, 3.63) is 71.5 Å². The number of hydrogen-bond donors (Lipinski definition) is 3. The molecule has 2 aromatic heterocycles. The number of aromatic nitrogens is 3. The molecule has 4 aromatic rings. The average Bonchev–Trinajstić information content (AvgIpc) is 3.36. The van der Waals surface area contributed by atoms with Gasteiger partial charge in [-0.1, -0.05) is 6.07 Å². The highest BCUT2D eigenvalue weighted by Gasteiger charge is 2.27. The zero-order chi connectivity index (χ0) is 32.4. The minimum absolute atomic E-state index is 0.0183. The molecule has 242 valence electrons. The molecule has 6 rings (SSSR count). The molecule has 3 N–H and O–H groups in total. The maximum Gasteiger partial charge on any atom is 0.280 e. The number of rotatable bonds is 8. The summed E-state index contributed by atoms with van der Waals surface area (Å²) in [6, 6.07) is 14.2. The summed E-state index contributed by atoms with van der Waals surface area (Å²) in [6.45, 7) is 10.1. The van der Waals surface area contributed by atoms with Crippen LogP contribution < -0.4 is 15.3 Å². The summed E-state index contributed by atoms with van der Waals surface area (Å²) in [7, 11) is 2.19. The first-order chi connectivity index (χ1) is 22.1. The standard InChI is InChI=1S/C34H41N7O5/c1-34(2,45)22-41-28-8-7-25(39-13-10-24(11-14-39)40-17-15-38(3)16-18-40)20-27(28)36-33(41)37-32(44)23-9-12-35-31(19-23)46-30-6-4-5-29(43)26(30)21-42/h4-9,12,19-21,24,43,45H,10-11,13-18,22H2,1-3H3,(H,36,37,44). The monoisotopic (exact) mass is 627 g/mol. The number of likely N-dealkylation sites (N-methyl/N-ethyl adjacent to an activating group) is 1. The van der Waals surface area contributed by atoms with E-state index in [0.717, 1.165) is 68.8 Å². The van der Waals surface area contributed by atoms with Crippen LogP contribution in [0.25, 0.3) is 11.0 Å². The molecular weight excluding hydrogens is 586 g/mol. The van der Waals surface area contributed by atoms with E-state index in [1.54, 1.807) is 19.9 Å². The molecule has 2 fully saturated rings. The summed E-state index contributed by atoms with van der Waals surface area (Å²) in [5.41, 5.74) is 2.20. The Bertz CT molecular complexity index is 1790. The number of pyridine rings is 1. The zero-order valence-electron chi connectivity index (χ0n) is 26.5. The number of amides is 1. The molecule has 12 heteroatoms. The van der Waals surface area contributed by atoms with Crippen molar-refractivity contribution in [3.8, 4) is 17.4 Å². The molecule has 0 aliphatic carbocycles. The molecule has 0 atom stereocenters. The lowest BCUT2D eigenvalue weighted by molar-refractivity contribution is 0.0612. The van der Waals surface area contributed by atoms with Gasteiger partial charge in [-0.2, -0.15) is 4.99 Å².